The second-order valence-electron chi connectivity index (χ2n) is 4.13. The maximum Gasteiger partial charge on any atom is 0.243 e. The first-order valence-corrected chi connectivity index (χ1v) is 7.68. The lowest BCUT2D eigenvalue weighted by atomic mass is 10.3. The third-order valence-corrected chi connectivity index (χ3v) is 4.05. The standard InChI is InChI=1S/C12H18F2N2O4S/c1-19-7-8-20-6-2-5-16-21(17,18)10-4-3-9(13)12(15)11(10)14/h3-4,16H,2,5-8,15H2,1H3. The SMILES string of the molecule is COCCOCCCNS(=O)(=O)c1ccc(F)c(N)c1F. The van der Waals surface area contributed by atoms with Crippen LogP contribution in [-0.4, -0.2) is 41.9 Å². The van der Waals surface area contributed by atoms with E-state index in [4.69, 9.17) is 15.2 Å². The van der Waals surface area contributed by atoms with E-state index in [0.29, 0.717) is 26.2 Å². The zero-order valence-corrected chi connectivity index (χ0v) is 12.4. The van der Waals surface area contributed by atoms with E-state index in [-0.39, 0.29) is 6.54 Å². The summed E-state index contributed by atoms with van der Waals surface area (Å²) in [6, 6.07) is 1.64. The summed E-state index contributed by atoms with van der Waals surface area (Å²) in [5, 5.41) is 0. The van der Waals surface area contributed by atoms with Crippen molar-refractivity contribution in [2.45, 2.75) is 11.3 Å². The van der Waals surface area contributed by atoms with Crippen molar-refractivity contribution in [3.63, 3.8) is 0 Å². The quantitative estimate of drug-likeness (QED) is 0.520. The zero-order chi connectivity index (χ0) is 15.9. The minimum Gasteiger partial charge on any atom is -0.394 e. The fraction of sp³-hybridized carbons (Fsp3) is 0.500. The first kappa shape index (κ1) is 17.8. The number of benzene rings is 1. The van der Waals surface area contributed by atoms with E-state index < -0.39 is 32.2 Å². The molecule has 1 aromatic rings. The lowest BCUT2D eigenvalue weighted by Gasteiger charge is -2.09. The average Bonchev–Trinajstić information content (AvgIpc) is 2.43. The van der Waals surface area contributed by atoms with E-state index in [0.717, 1.165) is 12.1 Å². The van der Waals surface area contributed by atoms with Crippen LogP contribution in [0.1, 0.15) is 6.42 Å². The Morgan fingerprint density at radius 1 is 1.24 bits per heavy atom. The predicted molar refractivity (Wildman–Crippen MR) is 73.3 cm³/mol. The number of halogens is 2. The van der Waals surface area contributed by atoms with E-state index in [1.165, 1.54) is 0 Å². The Bertz CT molecular complexity index is 567. The van der Waals surface area contributed by atoms with E-state index in [2.05, 4.69) is 4.72 Å². The number of nitrogens with one attached hydrogen (secondary N) is 1. The number of hydrogen-bond donors (Lipinski definition) is 2. The number of nitrogens with two attached hydrogens (primary N) is 1. The van der Waals surface area contributed by atoms with Gasteiger partial charge in [-0.2, -0.15) is 0 Å². The largest absolute Gasteiger partial charge is 0.394 e. The second kappa shape index (κ2) is 8.23. The van der Waals surface area contributed by atoms with Crippen LogP contribution in [-0.2, 0) is 19.5 Å². The van der Waals surface area contributed by atoms with Crippen molar-refractivity contribution in [1.82, 2.24) is 4.72 Å². The van der Waals surface area contributed by atoms with Crippen molar-refractivity contribution in [3.8, 4) is 0 Å². The van der Waals surface area contributed by atoms with Gasteiger partial charge in [0.05, 0.1) is 13.2 Å². The summed E-state index contributed by atoms with van der Waals surface area (Å²) in [4.78, 5) is -0.679. The maximum atomic E-state index is 13.7. The van der Waals surface area contributed by atoms with Crippen molar-refractivity contribution < 1.29 is 26.7 Å². The molecule has 1 rings (SSSR count). The van der Waals surface area contributed by atoms with Gasteiger partial charge in [0.15, 0.2) is 5.82 Å². The Kier molecular flexibility index (Phi) is 6.96. The molecule has 0 saturated heterocycles. The zero-order valence-electron chi connectivity index (χ0n) is 11.6. The minimum atomic E-state index is -4.08. The van der Waals surface area contributed by atoms with E-state index in [1.54, 1.807) is 7.11 Å². The van der Waals surface area contributed by atoms with Crippen LogP contribution in [0.15, 0.2) is 17.0 Å². The molecule has 0 aliphatic carbocycles. The molecule has 0 bridgehead atoms. The van der Waals surface area contributed by atoms with Gasteiger partial charge in [0.2, 0.25) is 10.0 Å². The molecule has 0 amide bonds. The van der Waals surface area contributed by atoms with E-state index in [9.17, 15) is 17.2 Å². The Balaban J connectivity index is 2.53. The summed E-state index contributed by atoms with van der Waals surface area (Å²) in [6.07, 6.45) is 0.404. The molecule has 0 heterocycles. The van der Waals surface area contributed by atoms with Crippen LogP contribution in [0.2, 0.25) is 0 Å². The molecule has 0 fully saturated rings. The number of sulfonamides is 1. The second-order valence-corrected chi connectivity index (χ2v) is 5.87. The van der Waals surface area contributed by atoms with Gasteiger partial charge in [0.25, 0.3) is 0 Å². The number of anilines is 1. The Morgan fingerprint density at radius 2 is 1.95 bits per heavy atom. The topological polar surface area (TPSA) is 90.6 Å². The first-order chi connectivity index (χ1) is 9.90. The molecular formula is C12H18F2N2O4S. The predicted octanol–water partition coefficient (Wildman–Crippen LogP) is 0.878. The molecule has 6 nitrogen and oxygen atoms in total. The van der Waals surface area contributed by atoms with Gasteiger partial charge in [-0.05, 0) is 18.6 Å². The van der Waals surface area contributed by atoms with Crippen LogP contribution in [0.3, 0.4) is 0 Å². The van der Waals surface area contributed by atoms with Crippen molar-refractivity contribution >= 4 is 15.7 Å². The van der Waals surface area contributed by atoms with Crippen LogP contribution in [0.25, 0.3) is 0 Å². The molecule has 0 spiro atoms. The van der Waals surface area contributed by atoms with Crippen molar-refractivity contribution in [1.29, 1.82) is 0 Å². The van der Waals surface area contributed by atoms with Gasteiger partial charge in [-0.15, -0.1) is 0 Å². The molecule has 0 saturated carbocycles. The number of hydrogen-bond acceptors (Lipinski definition) is 5. The average molecular weight is 324 g/mol. The molecule has 3 N–H and O–H groups in total. The fourth-order valence-electron chi connectivity index (χ4n) is 1.46. The minimum absolute atomic E-state index is 0.0615. The van der Waals surface area contributed by atoms with Crippen LogP contribution in [0.5, 0.6) is 0 Å². The molecule has 0 atom stereocenters. The van der Waals surface area contributed by atoms with Gasteiger partial charge >= 0.3 is 0 Å². The van der Waals surface area contributed by atoms with Gasteiger partial charge in [-0.25, -0.2) is 21.9 Å². The number of nitrogen functional groups attached to an aromatic ring is 1. The molecule has 120 valence electrons. The summed E-state index contributed by atoms with van der Waals surface area (Å²) < 4.78 is 62.5. The van der Waals surface area contributed by atoms with Crippen LogP contribution in [0, 0.1) is 11.6 Å². The molecule has 0 aliphatic rings. The third-order valence-electron chi connectivity index (χ3n) is 2.57. The van der Waals surface area contributed by atoms with Gasteiger partial charge in [0.1, 0.15) is 16.4 Å². The van der Waals surface area contributed by atoms with Gasteiger partial charge in [-0.3, -0.25) is 0 Å². The fourth-order valence-corrected chi connectivity index (χ4v) is 2.62. The Hall–Kier alpha value is -1.29. The molecule has 0 radical (unpaired) electrons. The molecule has 21 heavy (non-hydrogen) atoms. The molecule has 1 aromatic carbocycles. The summed E-state index contributed by atoms with van der Waals surface area (Å²) in [5.41, 5.74) is 4.31. The Labute approximate surface area is 122 Å². The third kappa shape index (κ3) is 5.20. The highest BCUT2D eigenvalue weighted by Gasteiger charge is 2.21. The highest BCUT2D eigenvalue weighted by atomic mass is 32.2. The van der Waals surface area contributed by atoms with Crippen LogP contribution < -0.4 is 10.5 Å². The van der Waals surface area contributed by atoms with Crippen molar-refractivity contribution in [3.05, 3.63) is 23.8 Å². The molecular weight excluding hydrogens is 306 g/mol. The summed E-state index contributed by atoms with van der Waals surface area (Å²) in [5.74, 6) is -2.29. The molecule has 9 heteroatoms. The van der Waals surface area contributed by atoms with E-state index in [1.807, 2.05) is 0 Å². The summed E-state index contributed by atoms with van der Waals surface area (Å²) in [7, 11) is -2.54. The van der Waals surface area contributed by atoms with Crippen molar-refractivity contribution in [2.75, 3.05) is 39.2 Å². The number of ether oxygens (including phenoxy) is 2. The van der Waals surface area contributed by atoms with E-state index >= 15 is 0 Å². The maximum absolute atomic E-state index is 13.7. The number of methoxy groups -OCH3 is 1. The van der Waals surface area contributed by atoms with Gasteiger partial charge in [0, 0.05) is 20.3 Å². The lowest BCUT2D eigenvalue weighted by Crippen LogP contribution is -2.27. The number of rotatable bonds is 9. The Morgan fingerprint density at radius 3 is 2.62 bits per heavy atom. The van der Waals surface area contributed by atoms with Crippen LogP contribution >= 0.6 is 0 Å². The summed E-state index contributed by atoms with van der Waals surface area (Å²) >= 11 is 0. The van der Waals surface area contributed by atoms with Gasteiger partial charge < -0.3 is 15.2 Å². The lowest BCUT2D eigenvalue weighted by molar-refractivity contribution is 0.0699. The molecule has 0 aliphatic heterocycles. The normalized spacial score (nSPS) is 11.8. The molecule has 0 unspecified atom stereocenters. The van der Waals surface area contributed by atoms with Crippen molar-refractivity contribution in [2.24, 2.45) is 0 Å². The van der Waals surface area contributed by atoms with Gasteiger partial charge in [-0.1, -0.05) is 0 Å². The smallest absolute Gasteiger partial charge is 0.243 e. The summed E-state index contributed by atoms with van der Waals surface area (Å²) in [6.45, 7) is 1.25. The monoisotopic (exact) mass is 324 g/mol. The molecule has 0 aromatic heterocycles. The van der Waals surface area contributed by atoms with Crippen LogP contribution in [0.4, 0.5) is 14.5 Å². The highest BCUT2D eigenvalue weighted by Crippen LogP contribution is 2.22. The highest BCUT2D eigenvalue weighted by molar-refractivity contribution is 7.89. The first-order valence-electron chi connectivity index (χ1n) is 6.20.